The van der Waals surface area contributed by atoms with E-state index in [2.05, 4.69) is 10.3 Å². The molecule has 0 bridgehead atoms. The summed E-state index contributed by atoms with van der Waals surface area (Å²) >= 11 is 1.23. The molecular formula is C12H13N3O3S2. The van der Waals surface area contributed by atoms with Gasteiger partial charge in [0.2, 0.25) is 5.91 Å². The Kier molecular flexibility index (Phi) is 4.05. The number of benzene rings is 1. The molecule has 1 amide bonds. The fraction of sp³-hybridized carbons (Fsp3) is 0.167. The van der Waals surface area contributed by atoms with Crippen molar-refractivity contribution < 1.29 is 13.2 Å². The summed E-state index contributed by atoms with van der Waals surface area (Å²) in [5, 5.41) is 4.61. The van der Waals surface area contributed by atoms with Gasteiger partial charge in [0.25, 0.3) is 0 Å². The normalized spacial score (nSPS) is 11.2. The molecule has 6 nitrogen and oxygen atoms in total. The number of rotatable bonds is 4. The molecule has 106 valence electrons. The molecule has 0 atom stereocenters. The van der Waals surface area contributed by atoms with E-state index >= 15 is 0 Å². The molecule has 20 heavy (non-hydrogen) atoms. The van der Waals surface area contributed by atoms with Gasteiger partial charge in [0.15, 0.2) is 15.0 Å². The van der Waals surface area contributed by atoms with E-state index in [1.165, 1.54) is 11.3 Å². The highest BCUT2D eigenvalue weighted by Crippen LogP contribution is 2.25. The molecule has 8 heteroatoms. The number of nitrogens with two attached hydrogens (primary N) is 1. The first-order valence-corrected chi connectivity index (χ1v) is 8.56. The van der Waals surface area contributed by atoms with E-state index in [0.29, 0.717) is 16.5 Å². The highest BCUT2D eigenvalue weighted by molar-refractivity contribution is 7.91. The van der Waals surface area contributed by atoms with Gasteiger partial charge in [0.1, 0.15) is 5.75 Å². The van der Waals surface area contributed by atoms with Gasteiger partial charge in [-0.1, -0.05) is 12.1 Å². The van der Waals surface area contributed by atoms with Crippen LogP contribution in [-0.2, 0) is 14.6 Å². The van der Waals surface area contributed by atoms with Crippen molar-refractivity contribution >= 4 is 37.9 Å². The number of hydrogen-bond acceptors (Lipinski definition) is 6. The van der Waals surface area contributed by atoms with Crippen LogP contribution in [-0.4, -0.2) is 31.3 Å². The lowest BCUT2D eigenvalue weighted by Gasteiger charge is -2.00. The molecule has 0 aliphatic heterocycles. The van der Waals surface area contributed by atoms with Crippen molar-refractivity contribution in [2.24, 2.45) is 0 Å². The predicted molar refractivity (Wildman–Crippen MR) is 80.3 cm³/mol. The summed E-state index contributed by atoms with van der Waals surface area (Å²) in [6.45, 7) is 0. The van der Waals surface area contributed by atoms with Crippen molar-refractivity contribution in [3.05, 3.63) is 29.6 Å². The quantitative estimate of drug-likeness (QED) is 0.830. The third kappa shape index (κ3) is 4.04. The largest absolute Gasteiger partial charge is 0.399 e. The molecule has 0 spiro atoms. The predicted octanol–water partition coefficient (Wildman–Crippen LogP) is 1.38. The third-order valence-electron chi connectivity index (χ3n) is 2.35. The first-order chi connectivity index (χ1) is 9.33. The van der Waals surface area contributed by atoms with Crippen LogP contribution >= 0.6 is 11.3 Å². The van der Waals surface area contributed by atoms with Gasteiger partial charge in [-0.15, -0.1) is 11.3 Å². The smallest absolute Gasteiger partial charge is 0.241 e. The van der Waals surface area contributed by atoms with Crippen molar-refractivity contribution in [2.75, 3.05) is 23.1 Å². The summed E-state index contributed by atoms with van der Waals surface area (Å²) in [4.78, 5) is 15.7. The Labute approximate surface area is 120 Å². The van der Waals surface area contributed by atoms with Gasteiger partial charge >= 0.3 is 0 Å². The summed E-state index contributed by atoms with van der Waals surface area (Å²) in [5.41, 5.74) is 7.83. The molecule has 1 aromatic heterocycles. The van der Waals surface area contributed by atoms with E-state index in [-0.39, 0.29) is 0 Å². The summed E-state index contributed by atoms with van der Waals surface area (Å²) in [5.74, 6) is -1.14. The fourth-order valence-electron chi connectivity index (χ4n) is 1.51. The van der Waals surface area contributed by atoms with Gasteiger partial charge in [-0.3, -0.25) is 4.79 Å². The SMILES string of the molecule is CS(=O)(=O)CC(=O)Nc1nc(-c2ccc(N)cc2)cs1. The number of nitrogens with one attached hydrogen (secondary N) is 1. The molecule has 0 saturated carbocycles. The summed E-state index contributed by atoms with van der Waals surface area (Å²) < 4.78 is 22.0. The maximum Gasteiger partial charge on any atom is 0.241 e. The van der Waals surface area contributed by atoms with Gasteiger partial charge in [0, 0.05) is 22.9 Å². The van der Waals surface area contributed by atoms with E-state index < -0.39 is 21.5 Å². The molecule has 2 rings (SSSR count). The number of sulfone groups is 1. The topological polar surface area (TPSA) is 102 Å². The van der Waals surface area contributed by atoms with Gasteiger partial charge in [0.05, 0.1) is 5.69 Å². The maximum absolute atomic E-state index is 11.5. The van der Waals surface area contributed by atoms with Crippen LogP contribution in [0, 0.1) is 0 Å². The maximum atomic E-state index is 11.5. The van der Waals surface area contributed by atoms with Crippen molar-refractivity contribution in [1.29, 1.82) is 0 Å². The second-order valence-corrected chi connectivity index (χ2v) is 7.28. The molecule has 3 N–H and O–H groups in total. The van der Waals surface area contributed by atoms with Crippen LogP contribution in [0.25, 0.3) is 11.3 Å². The molecule has 0 unspecified atom stereocenters. The standard InChI is InChI=1S/C12H13N3O3S2/c1-20(17,18)7-11(16)15-12-14-10(6-19-12)8-2-4-9(13)5-3-8/h2-6H,7,13H2,1H3,(H,14,15,16). The average Bonchev–Trinajstić information content (AvgIpc) is 2.75. The van der Waals surface area contributed by atoms with Crippen LogP contribution in [0.5, 0.6) is 0 Å². The lowest BCUT2D eigenvalue weighted by molar-refractivity contribution is -0.113. The fourth-order valence-corrected chi connectivity index (χ4v) is 2.80. The number of anilines is 2. The van der Waals surface area contributed by atoms with Gasteiger partial charge < -0.3 is 11.1 Å². The summed E-state index contributed by atoms with van der Waals surface area (Å²) in [7, 11) is -3.34. The zero-order chi connectivity index (χ0) is 14.8. The van der Waals surface area contributed by atoms with E-state index in [1.54, 1.807) is 17.5 Å². The van der Waals surface area contributed by atoms with Crippen LogP contribution in [0.1, 0.15) is 0 Å². The molecular weight excluding hydrogens is 298 g/mol. The average molecular weight is 311 g/mol. The minimum Gasteiger partial charge on any atom is -0.399 e. The highest BCUT2D eigenvalue weighted by Gasteiger charge is 2.13. The monoisotopic (exact) mass is 311 g/mol. The van der Waals surface area contributed by atoms with Gasteiger partial charge in [-0.25, -0.2) is 13.4 Å². The summed E-state index contributed by atoms with van der Waals surface area (Å²) in [6.07, 6.45) is 1.01. The highest BCUT2D eigenvalue weighted by atomic mass is 32.2. The lowest BCUT2D eigenvalue weighted by Crippen LogP contribution is -2.21. The molecule has 0 aliphatic carbocycles. The van der Waals surface area contributed by atoms with Crippen LogP contribution < -0.4 is 11.1 Å². The Morgan fingerprint density at radius 3 is 2.60 bits per heavy atom. The first-order valence-electron chi connectivity index (χ1n) is 5.62. The van der Waals surface area contributed by atoms with Crippen molar-refractivity contribution in [3.8, 4) is 11.3 Å². The van der Waals surface area contributed by atoms with Crippen molar-refractivity contribution in [3.63, 3.8) is 0 Å². The number of aromatic nitrogens is 1. The molecule has 1 aromatic carbocycles. The molecule has 0 radical (unpaired) electrons. The number of nitrogens with zero attached hydrogens (tertiary/aromatic N) is 1. The van der Waals surface area contributed by atoms with Crippen LogP contribution in [0.15, 0.2) is 29.6 Å². The zero-order valence-electron chi connectivity index (χ0n) is 10.7. The van der Waals surface area contributed by atoms with E-state index in [0.717, 1.165) is 11.8 Å². The number of amides is 1. The van der Waals surface area contributed by atoms with Gasteiger partial charge in [-0.2, -0.15) is 0 Å². The number of carbonyl (C=O) groups excluding carboxylic acids is 1. The van der Waals surface area contributed by atoms with E-state index in [9.17, 15) is 13.2 Å². The minimum atomic E-state index is -3.34. The van der Waals surface area contributed by atoms with Crippen molar-refractivity contribution in [2.45, 2.75) is 0 Å². The lowest BCUT2D eigenvalue weighted by atomic mass is 10.1. The Bertz CT molecular complexity index is 721. The summed E-state index contributed by atoms with van der Waals surface area (Å²) in [6, 6.07) is 7.17. The third-order valence-corrected chi connectivity index (χ3v) is 3.89. The molecule has 0 saturated heterocycles. The number of thiazole rings is 1. The molecule has 2 aromatic rings. The van der Waals surface area contributed by atoms with Gasteiger partial charge in [-0.05, 0) is 12.1 Å². The Balaban J connectivity index is 2.09. The first kappa shape index (κ1) is 14.5. The minimum absolute atomic E-state index is 0.366. The molecule has 1 heterocycles. The van der Waals surface area contributed by atoms with Crippen molar-refractivity contribution in [1.82, 2.24) is 4.98 Å². The van der Waals surface area contributed by atoms with E-state index in [4.69, 9.17) is 5.73 Å². The van der Waals surface area contributed by atoms with E-state index in [1.807, 2.05) is 12.1 Å². The molecule has 0 aliphatic rings. The number of hydrogen-bond donors (Lipinski definition) is 2. The Morgan fingerprint density at radius 2 is 2.00 bits per heavy atom. The molecule has 0 fully saturated rings. The Morgan fingerprint density at radius 1 is 1.35 bits per heavy atom. The van der Waals surface area contributed by atoms with Crippen LogP contribution in [0.3, 0.4) is 0 Å². The second-order valence-electron chi connectivity index (χ2n) is 4.28. The second kappa shape index (κ2) is 5.59. The zero-order valence-corrected chi connectivity index (χ0v) is 12.3. The number of nitrogen functional groups attached to an aromatic ring is 1. The van der Waals surface area contributed by atoms with Crippen LogP contribution in [0.4, 0.5) is 10.8 Å². The number of carbonyl (C=O) groups is 1. The Hall–Kier alpha value is -1.93. The van der Waals surface area contributed by atoms with Crippen LogP contribution in [0.2, 0.25) is 0 Å².